The molecule has 1 atom stereocenters. The number of rotatable bonds is 5. The van der Waals surface area contributed by atoms with Crippen LogP contribution in [0.2, 0.25) is 0 Å². The molecule has 1 amide bonds. The molecule has 0 heterocycles. The number of hydrogen-bond donors (Lipinski definition) is 3. The number of hydrogen-bond acceptors (Lipinski definition) is 3. The molecule has 0 spiro atoms. The van der Waals surface area contributed by atoms with Crippen LogP contribution in [0, 0.1) is 0 Å². The molecule has 5 heteroatoms. The van der Waals surface area contributed by atoms with Crippen molar-refractivity contribution in [2.75, 3.05) is 6.54 Å². The zero-order valence-corrected chi connectivity index (χ0v) is 9.43. The highest BCUT2D eigenvalue weighted by atomic mass is 16.4. The van der Waals surface area contributed by atoms with Crippen molar-refractivity contribution in [3.05, 3.63) is 36.0 Å². The first-order chi connectivity index (χ1) is 8.09. The van der Waals surface area contributed by atoms with Crippen LogP contribution in [-0.4, -0.2) is 29.6 Å². The van der Waals surface area contributed by atoms with Crippen LogP contribution < -0.4 is 11.1 Å². The quantitative estimate of drug-likeness (QED) is 0.642. The second kappa shape index (κ2) is 6.65. The van der Waals surface area contributed by atoms with Crippen LogP contribution in [-0.2, 0) is 9.59 Å². The molecule has 1 rings (SSSR count). The molecule has 0 bridgehead atoms. The number of carbonyl (C=O) groups excluding carboxylic acids is 1. The molecule has 0 aromatic rings. The van der Waals surface area contributed by atoms with E-state index in [0.717, 1.165) is 12.0 Å². The number of carbonyl (C=O) groups is 2. The lowest BCUT2D eigenvalue weighted by Crippen LogP contribution is -2.42. The number of carboxylic acid groups (broad SMARTS) is 1. The number of carboxylic acids is 1. The van der Waals surface area contributed by atoms with Crippen LogP contribution in [0.25, 0.3) is 0 Å². The van der Waals surface area contributed by atoms with Crippen molar-refractivity contribution in [1.29, 1.82) is 0 Å². The smallest absolute Gasteiger partial charge is 0.322 e. The summed E-state index contributed by atoms with van der Waals surface area (Å²) in [6.07, 6.45) is 11.0. The Morgan fingerprint density at radius 3 is 2.94 bits per heavy atom. The molecule has 0 saturated heterocycles. The zero-order valence-electron chi connectivity index (χ0n) is 9.43. The number of aliphatic carboxylic acids is 1. The molecule has 92 valence electrons. The summed E-state index contributed by atoms with van der Waals surface area (Å²) >= 11 is 0. The monoisotopic (exact) mass is 236 g/mol. The second-order valence-corrected chi connectivity index (χ2v) is 3.73. The van der Waals surface area contributed by atoms with Gasteiger partial charge in [-0.05, 0) is 18.4 Å². The minimum Gasteiger partial charge on any atom is -0.480 e. The molecule has 1 unspecified atom stereocenters. The van der Waals surface area contributed by atoms with Crippen molar-refractivity contribution in [3.8, 4) is 0 Å². The van der Waals surface area contributed by atoms with Gasteiger partial charge in [0.1, 0.15) is 6.54 Å². The van der Waals surface area contributed by atoms with Crippen LogP contribution >= 0.6 is 0 Å². The van der Waals surface area contributed by atoms with Crippen LogP contribution in [0.4, 0.5) is 0 Å². The minimum atomic E-state index is -1.08. The van der Waals surface area contributed by atoms with E-state index < -0.39 is 24.5 Å². The summed E-state index contributed by atoms with van der Waals surface area (Å²) in [4.78, 5) is 21.7. The minimum absolute atomic E-state index is 0.395. The third-order valence-corrected chi connectivity index (χ3v) is 2.26. The molecule has 1 aliphatic carbocycles. The van der Waals surface area contributed by atoms with E-state index in [-0.39, 0.29) is 0 Å². The third-order valence-electron chi connectivity index (χ3n) is 2.26. The molecule has 17 heavy (non-hydrogen) atoms. The molecule has 0 aromatic heterocycles. The largest absolute Gasteiger partial charge is 0.480 e. The van der Waals surface area contributed by atoms with Crippen molar-refractivity contribution in [1.82, 2.24) is 5.32 Å². The van der Waals surface area contributed by atoms with Gasteiger partial charge in [0, 0.05) is 0 Å². The summed E-state index contributed by atoms with van der Waals surface area (Å²) in [6, 6.07) is -0.725. The van der Waals surface area contributed by atoms with Gasteiger partial charge in [0.05, 0.1) is 6.04 Å². The summed E-state index contributed by atoms with van der Waals surface area (Å²) in [6.45, 7) is -0.401. The Morgan fingerprint density at radius 2 is 2.24 bits per heavy atom. The maximum atomic E-state index is 11.4. The van der Waals surface area contributed by atoms with Crippen molar-refractivity contribution < 1.29 is 14.7 Å². The van der Waals surface area contributed by atoms with Gasteiger partial charge in [0.15, 0.2) is 0 Å². The SMILES string of the molecule is NC(CC1=CC=CCC=C1)C(=O)NCC(=O)O. The predicted molar refractivity (Wildman–Crippen MR) is 64.2 cm³/mol. The van der Waals surface area contributed by atoms with E-state index in [0.29, 0.717) is 6.42 Å². The first kappa shape index (κ1) is 13.2. The maximum Gasteiger partial charge on any atom is 0.322 e. The van der Waals surface area contributed by atoms with Gasteiger partial charge >= 0.3 is 5.97 Å². The van der Waals surface area contributed by atoms with Gasteiger partial charge in [-0.3, -0.25) is 9.59 Å². The van der Waals surface area contributed by atoms with Crippen LogP contribution in [0.15, 0.2) is 36.0 Å². The molecule has 0 aromatic carbocycles. The van der Waals surface area contributed by atoms with Crippen molar-refractivity contribution >= 4 is 11.9 Å². The molecule has 1 aliphatic rings. The van der Waals surface area contributed by atoms with Crippen LogP contribution in [0.5, 0.6) is 0 Å². The average Bonchev–Trinajstić information content (AvgIpc) is 2.54. The van der Waals surface area contributed by atoms with Gasteiger partial charge in [-0.1, -0.05) is 30.4 Å². The zero-order chi connectivity index (χ0) is 12.7. The molecular formula is C12H16N2O3. The molecule has 0 saturated carbocycles. The van der Waals surface area contributed by atoms with Crippen molar-refractivity contribution in [3.63, 3.8) is 0 Å². The van der Waals surface area contributed by atoms with Crippen molar-refractivity contribution in [2.45, 2.75) is 18.9 Å². The maximum absolute atomic E-state index is 11.4. The van der Waals surface area contributed by atoms with E-state index >= 15 is 0 Å². The van der Waals surface area contributed by atoms with Gasteiger partial charge in [-0.25, -0.2) is 0 Å². The van der Waals surface area contributed by atoms with E-state index in [1.807, 2.05) is 30.4 Å². The van der Waals surface area contributed by atoms with Crippen LogP contribution in [0.1, 0.15) is 12.8 Å². The van der Waals surface area contributed by atoms with Gasteiger partial charge < -0.3 is 16.2 Å². The first-order valence-electron chi connectivity index (χ1n) is 5.37. The fraction of sp³-hybridized carbons (Fsp3) is 0.333. The Labute approximate surface area is 99.7 Å². The Bertz CT molecular complexity index is 383. The van der Waals surface area contributed by atoms with Crippen molar-refractivity contribution in [2.24, 2.45) is 5.73 Å². The average molecular weight is 236 g/mol. The lowest BCUT2D eigenvalue weighted by atomic mass is 10.1. The Kier molecular flexibility index (Phi) is 5.16. The Balaban J connectivity index is 2.45. The molecule has 0 aliphatic heterocycles. The molecule has 5 nitrogen and oxygen atoms in total. The lowest BCUT2D eigenvalue weighted by molar-refractivity contribution is -0.138. The van der Waals surface area contributed by atoms with Gasteiger partial charge in [0.25, 0.3) is 0 Å². The standard InChI is InChI=1S/C12H16N2O3/c13-10(12(17)14-8-11(15)16)7-9-5-3-1-2-4-6-9/h1,3-6,10H,2,7-8,13H2,(H,14,17)(H,15,16). The van der Waals surface area contributed by atoms with E-state index in [1.54, 1.807) is 0 Å². The van der Waals surface area contributed by atoms with E-state index in [9.17, 15) is 9.59 Å². The lowest BCUT2D eigenvalue weighted by Gasteiger charge is -2.11. The van der Waals surface area contributed by atoms with E-state index in [1.165, 1.54) is 0 Å². The predicted octanol–water partition coefficient (Wildman–Crippen LogP) is 0.347. The topological polar surface area (TPSA) is 92.4 Å². The van der Waals surface area contributed by atoms with Gasteiger partial charge in [-0.2, -0.15) is 0 Å². The molecule has 4 N–H and O–H groups in total. The summed E-state index contributed by atoms with van der Waals surface area (Å²) < 4.78 is 0. The highest BCUT2D eigenvalue weighted by Crippen LogP contribution is 2.10. The fourth-order valence-electron chi connectivity index (χ4n) is 1.40. The Hall–Kier alpha value is -1.88. The van der Waals surface area contributed by atoms with E-state index in [4.69, 9.17) is 10.8 Å². The first-order valence-corrected chi connectivity index (χ1v) is 5.37. The highest BCUT2D eigenvalue weighted by Gasteiger charge is 2.14. The number of amides is 1. The summed E-state index contributed by atoms with van der Waals surface area (Å²) in [5, 5.41) is 10.7. The second-order valence-electron chi connectivity index (χ2n) is 3.73. The normalized spacial score (nSPS) is 15.9. The molecule has 0 fully saturated rings. The fourth-order valence-corrected chi connectivity index (χ4v) is 1.40. The number of nitrogens with one attached hydrogen (secondary N) is 1. The summed E-state index contributed by atoms with van der Waals surface area (Å²) in [5.74, 6) is -1.53. The van der Waals surface area contributed by atoms with E-state index in [2.05, 4.69) is 5.32 Å². The van der Waals surface area contributed by atoms with Gasteiger partial charge in [0.2, 0.25) is 5.91 Å². The highest BCUT2D eigenvalue weighted by molar-refractivity contribution is 5.85. The Morgan fingerprint density at radius 1 is 1.47 bits per heavy atom. The van der Waals surface area contributed by atoms with Gasteiger partial charge in [-0.15, -0.1) is 0 Å². The third kappa shape index (κ3) is 5.12. The summed E-state index contributed by atoms with van der Waals surface area (Å²) in [7, 11) is 0. The summed E-state index contributed by atoms with van der Waals surface area (Å²) in [5.41, 5.74) is 6.64. The number of allylic oxidation sites excluding steroid dienone is 5. The number of nitrogens with two attached hydrogens (primary N) is 1. The molecular weight excluding hydrogens is 220 g/mol. The molecule has 0 radical (unpaired) electrons. The van der Waals surface area contributed by atoms with Crippen LogP contribution in [0.3, 0.4) is 0 Å².